The monoisotopic (exact) mass is 861 g/mol. The Balaban J connectivity index is 4.48. The molecule has 0 amide bonds. The standard InChI is InChI=1S/C54H85NO7/c1-6-8-10-12-14-16-18-20-22-24-26-28-30-32-34-36-38-40-42-44-52(56)61-49-50(48-60-47-46-51(54(58)59)55(3,4)5)62-53(57)45-43-41-39-37-35-33-31-29-27-25-23-21-19-17-15-13-11-9-7-2/h8-11,14-17,20-23,26-29,33,35,39,41,50-51H,6-7,12-13,18-19,24-25,30-32,34,36-38,40,42-49H2,1-5H3/p+1/b10-8-,11-9-,16-14-,17-15-,22-20-,23-21-,28-26-,29-27-,35-33-,41-39-. The number of nitrogens with zero attached hydrogens (tertiary/aromatic N) is 1. The van der Waals surface area contributed by atoms with E-state index in [1.54, 1.807) is 0 Å². The molecular weight excluding hydrogens is 775 g/mol. The maximum absolute atomic E-state index is 12.7. The maximum Gasteiger partial charge on any atom is 0.362 e. The average Bonchev–Trinajstić information content (AvgIpc) is 3.23. The van der Waals surface area contributed by atoms with Crippen molar-refractivity contribution in [2.24, 2.45) is 0 Å². The molecule has 0 radical (unpaired) electrons. The van der Waals surface area contributed by atoms with E-state index in [-0.39, 0.29) is 36.7 Å². The van der Waals surface area contributed by atoms with Gasteiger partial charge in [0.05, 0.1) is 34.4 Å². The van der Waals surface area contributed by atoms with Crippen LogP contribution in [0, 0.1) is 0 Å². The van der Waals surface area contributed by atoms with Crippen LogP contribution in [-0.4, -0.2) is 80.6 Å². The van der Waals surface area contributed by atoms with E-state index in [4.69, 9.17) is 14.2 Å². The fraction of sp³-hybridized carbons (Fsp3) is 0.574. The summed E-state index contributed by atoms with van der Waals surface area (Å²) in [6, 6.07) is -0.638. The van der Waals surface area contributed by atoms with Crippen LogP contribution in [0.4, 0.5) is 0 Å². The number of esters is 2. The van der Waals surface area contributed by atoms with Gasteiger partial charge in [-0.15, -0.1) is 0 Å². The van der Waals surface area contributed by atoms with E-state index < -0.39 is 24.1 Å². The SMILES string of the molecule is CC/C=C\C/C=C\C/C=C\C/C=C\C/C=C\C/C=C\CCC(=O)OC(COCCC(C(=O)O)[N+](C)(C)C)COC(=O)CCCCCCCC/C=C\C/C=C\C/C=C\C/C=C\CC. The van der Waals surface area contributed by atoms with Crippen LogP contribution in [0.3, 0.4) is 0 Å². The summed E-state index contributed by atoms with van der Waals surface area (Å²) < 4.78 is 17.2. The van der Waals surface area contributed by atoms with Crippen LogP contribution in [0.1, 0.15) is 149 Å². The van der Waals surface area contributed by atoms with Crippen molar-refractivity contribution in [2.75, 3.05) is 41.0 Å². The van der Waals surface area contributed by atoms with Crippen molar-refractivity contribution < 1.29 is 38.2 Å². The molecule has 0 rings (SSSR count). The molecule has 0 heterocycles. The molecule has 8 nitrogen and oxygen atoms in total. The summed E-state index contributed by atoms with van der Waals surface area (Å²) in [6.07, 6.45) is 61.2. The number of carboxylic acids is 1. The maximum atomic E-state index is 12.7. The summed E-state index contributed by atoms with van der Waals surface area (Å²) in [5, 5.41) is 9.64. The summed E-state index contributed by atoms with van der Waals surface area (Å²) in [5.74, 6) is -1.61. The molecule has 2 unspecified atom stereocenters. The molecule has 0 fully saturated rings. The molecule has 8 heteroatoms. The van der Waals surface area contributed by atoms with Gasteiger partial charge in [-0.05, 0) is 89.9 Å². The highest BCUT2D eigenvalue weighted by Gasteiger charge is 2.31. The molecule has 2 atom stereocenters. The number of aliphatic carboxylic acids is 1. The topological polar surface area (TPSA) is 99.1 Å². The first-order valence-electron chi connectivity index (χ1n) is 23.6. The number of likely N-dealkylation sites (N-methyl/N-ethyl adjacent to an activating group) is 1. The van der Waals surface area contributed by atoms with Crippen LogP contribution >= 0.6 is 0 Å². The second-order valence-electron chi connectivity index (χ2n) is 16.2. The van der Waals surface area contributed by atoms with E-state index in [1.165, 1.54) is 12.8 Å². The quantitative estimate of drug-likeness (QED) is 0.0283. The smallest absolute Gasteiger partial charge is 0.362 e. The third kappa shape index (κ3) is 41.1. The minimum absolute atomic E-state index is 0.0172. The summed E-state index contributed by atoms with van der Waals surface area (Å²) in [5.41, 5.74) is 0. The van der Waals surface area contributed by atoms with Gasteiger partial charge in [-0.25, -0.2) is 4.79 Å². The van der Waals surface area contributed by atoms with Crippen molar-refractivity contribution in [1.82, 2.24) is 0 Å². The van der Waals surface area contributed by atoms with Crippen LogP contribution in [0.25, 0.3) is 0 Å². The van der Waals surface area contributed by atoms with E-state index in [0.717, 1.165) is 96.3 Å². The van der Waals surface area contributed by atoms with Crippen LogP contribution in [0.2, 0.25) is 0 Å². The van der Waals surface area contributed by atoms with Crippen molar-refractivity contribution in [3.63, 3.8) is 0 Å². The number of allylic oxidation sites excluding steroid dienone is 20. The predicted molar refractivity (Wildman–Crippen MR) is 261 cm³/mol. The van der Waals surface area contributed by atoms with Crippen molar-refractivity contribution in [3.05, 3.63) is 122 Å². The summed E-state index contributed by atoms with van der Waals surface area (Å²) >= 11 is 0. The zero-order chi connectivity index (χ0) is 45.6. The number of quaternary nitrogens is 1. The van der Waals surface area contributed by atoms with Crippen molar-refractivity contribution in [2.45, 2.75) is 161 Å². The Morgan fingerprint density at radius 1 is 0.484 bits per heavy atom. The Hall–Kier alpha value is -4.27. The highest BCUT2D eigenvalue weighted by Crippen LogP contribution is 2.12. The minimum atomic E-state index is -0.894. The number of carbonyl (C=O) groups excluding carboxylic acids is 2. The van der Waals surface area contributed by atoms with Gasteiger partial charge in [0.1, 0.15) is 6.61 Å². The van der Waals surface area contributed by atoms with Crippen molar-refractivity contribution in [3.8, 4) is 0 Å². The highest BCUT2D eigenvalue weighted by molar-refractivity contribution is 5.72. The lowest BCUT2D eigenvalue weighted by molar-refractivity contribution is -0.887. The highest BCUT2D eigenvalue weighted by atomic mass is 16.6. The van der Waals surface area contributed by atoms with E-state index in [2.05, 4.69) is 123 Å². The lowest BCUT2D eigenvalue weighted by Gasteiger charge is -2.31. The Bertz CT molecular complexity index is 1420. The van der Waals surface area contributed by atoms with Crippen LogP contribution in [0.5, 0.6) is 0 Å². The number of rotatable bonds is 40. The second-order valence-corrected chi connectivity index (χ2v) is 16.2. The number of ether oxygens (including phenoxy) is 3. The van der Waals surface area contributed by atoms with Crippen LogP contribution < -0.4 is 0 Å². The Kier molecular flexibility index (Phi) is 40.4. The average molecular weight is 861 g/mol. The van der Waals surface area contributed by atoms with E-state index in [1.807, 2.05) is 33.3 Å². The largest absolute Gasteiger partial charge is 0.477 e. The zero-order valence-corrected chi connectivity index (χ0v) is 39.5. The molecule has 0 aliphatic rings. The third-order valence-corrected chi connectivity index (χ3v) is 9.62. The molecular formula is C54H86NO7+. The molecule has 0 aliphatic carbocycles. The van der Waals surface area contributed by atoms with Crippen LogP contribution in [0.15, 0.2) is 122 Å². The van der Waals surface area contributed by atoms with Gasteiger partial charge in [0.25, 0.3) is 0 Å². The first-order chi connectivity index (χ1) is 30.1. The zero-order valence-electron chi connectivity index (χ0n) is 39.5. The third-order valence-electron chi connectivity index (χ3n) is 9.62. The molecule has 1 N–H and O–H groups in total. The molecule has 0 saturated carbocycles. The van der Waals surface area contributed by atoms with Gasteiger partial charge in [0.2, 0.25) is 0 Å². The lowest BCUT2D eigenvalue weighted by Crippen LogP contribution is -2.50. The first kappa shape index (κ1) is 57.7. The van der Waals surface area contributed by atoms with E-state index >= 15 is 0 Å². The molecule has 348 valence electrons. The van der Waals surface area contributed by atoms with Crippen molar-refractivity contribution >= 4 is 17.9 Å². The number of carboxylic acid groups (broad SMARTS) is 1. The Labute approximate surface area is 378 Å². The fourth-order valence-corrected chi connectivity index (χ4v) is 6.05. The molecule has 0 bridgehead atoms. The van der Waals surface area contributed by atoms with Gasteiger partial charge in [0, 0.05) is 19.3 Å². The molecule has 0 aromatic heterocycles. The Morgan fingerprint density at radius 3 is 1.32 bits per heavy atom. The second kappa shape index (κ2) is 43.4. The predicted octanol–water partition coefficient (Wildman–Crippen LogP) is 13.4. The van der Waals surface area contributed by atoms with E-state index in [9.17, 15) is 19.5 Å². The van der Waals surface area contributed by atoms with E-state index in [0.29, 0.717) is 19.3 Å². The van der Waals surface area contributed by atoms with Gasteiger partial charge in [-0.1, -0.05) is 161 Å². The molecule has 0 aromatic carbocycles. The lowest BCUT2D eigenvalue weighted by atomic mass is 10.1. The number of hydrogen-bond donors (Lipinski definition) is 1. The summed E-state index contributed by atoms with van der Waals surface area (Å²) in [7, 11) is 5.48. The Morgan fingerprint density at radius 2 is 0.887 bits per heavy atom. The summed E-state index contributed by atoms with van der Waals surface area (Å²) in [4.78, 5) is 37.1. The molecule has 0 spiro atoms. The van der Waals surface area contributed by atoms with Gasteiger partial charge in [0.15, 0.2) is 12.1 Å². The summed E-state index contributed by atoms with van der Waals surface area (Å²) in [6.45, 7) is 4.39. The van der Waals surface area contributed by atoms with Crippen LogP contribution in [-0.2, 0) is 28.6 Å². The minimum Gasteiger partial charge on any atom is -0.477 e. The van der Waals surface area contributed by atoms with Gasteiger partial charge < -0.3 is 23.8 Å². The molecule has 0 saturated heterocycles. The molecule has 0 aliphatic heterocycles. The molecule has 0 aromatic rings. The number of carbonyl (C=O) groups is 3. The molecule has 62 heavy (non-hydrogen) atoms. The van der Waals surface area contributed by atoms with Crippen molar-refractivity contribution in [1.29, 1.82) is 0 Å². The van der Waals surface area contributed by atoms with Gasteiger partial charge in [-0.3, -0.25) is 9.59 Å². The first-order valence-corrected chi connectivity index (χ1v) is 23.6. The van der Waals surface area contributed by atoms with Gasteiger partial charge >= 0.3 is 17.9 Å². The fourth-order valence-electron chi connectivity index (χ4n) is 6.05. The number of unbranched alkanes of at least 4 members (excludes halogenated alkanes) is 6. The van der Waals surface area contributed by atoms with Gasteiger partial charge in [-0.2, -0.15) is 0 Å². The number of hydrogen-bond acceptors (Lipinski definition) is 6. The normalized spacial score (nSPS) is 14.0.